The Hall–Kier alpha value is -1.68. The van der Waals surface area contributed by atoms with Crippen molar-refractivity contribution in [1.82, 2.24) is 0 Å². The van der Waals surface area contributed by atoms with Crippen LogP contribution in [0.4, 0.5) is 13.2 Å². The lowest BCUT2D eigenvalue weighted by atomic mass is 10.2. The third-order valence-electron chi connectivity index (χ3n) is 2.27. The number of rotatable bonds is 3. The zero-order chi connectivity index (χ0) is 13.1. The van der Waals surface area contributed by atoms with Crippen molar-refractivity contribution < 1.29 is 17.9 Å². The summed E-state index contributed by atoms with van der Waals surface area (Å²) in [5, 5.41) is 0. The molecule has 0 aromatic heterocycles. The van der Waals surface area contributed by atoms with Crippen LogP contribution in [0, 0.1) is 17.5 Å². The fraction of sp³-hybridized carbons (Fsp3) is 0.0769. The second kappa shape index (κ2) is 5.31. The Morgan fingerprint density at radius 2 is 1.67 bits per heavy atom. The molecule has 0 aliphatic heterocycles. The summed E-state index contributed by atoms with van der Waals surface area (Å²) in [6.07, 6.45) is 0. The second-order valence-electron chi connectivity index (χ2n) is 3.58. The van der Waals surface area contributed by atoms with Gasteiger partial charge in [-0.1, -0.05) is 6.07 Å². The van der Waals surface area contributed by atoms with Gasteiger partial charge in [0.25, 0.3) is 0 Å². The molecule has 94 valence electrons. The lowest BCUT2D eigenvalue weighted by Gasteiger charge is -2.07. The van der Waals surface area contributed by atoms with Crippen molar-refractivity contribution in [3.8, 4) is 11.5 Å². The van der Waals surface area contributed by atoms with Gasteiger partial charge in [0.15, 0.2) is 23.2 Å². The Kier molecular flexibility index (Phi) is 3.77. The fourth-order valence-corrected chi connectivity index (χ4v) is 1.54. The number of ether oxygens (including phenoxy) is 1. The molecule has 2 aromatic carbocycles. The predicted octanol–water partition coefficient (Wildman–Crippen LogP) is 4.64. The fourth-order valence-electron chi connectivity index (χ4n) is 1.38. The van der Waals surface area contributed by atoms with E-state index in [1.807, 2.05) is 0 Å². The van der Waals surface area contributed by atoms with E-state index in [4.69, 9.17) is 16.3 Å². The molecule has 0 spiro atoms. The van der Waals surface area contributed by atoms with E-state index < -0.39 is 17.5 Å². The monoisotopic (exact) mass is 272 g/mol. The van der Waals surface area contributed by atoms with Crippen LogP contribution in [0.1, 0.15) is 5.56 Å². The highest BCUT2D eigenvalue weighted by Crippen LogP contribution is 2.26. The minimum absolute atomic E-state index is 0.0198. The molecule has 0 atom stereocenters. The van der Waals surface area contributed by atoms with Gasteiger partial charge < -0.3 is 4.74 Å². The standard InChI is InChI=1S/C13H8ClF3O/c14-7-8-1-4-13(12(17)5-8)18-9-2-3-10(15)11(16)6-9/h1-6H,7H2. The minimum atomic E-state index is -1.05. The quantitative estimate of drug-likeness (QED) is 0.740. The van der Waals surface area contributed by atoms with Crippen LogP contribution in [-0.2, 0) is 5.88 Å². The second-order valence-corrected chi connectivity index (χ2v) is 3.84. The molecule has 0 aliphatic carbocycles. The highest BCUT2D eigenvalue weighted by molar-refractivity contribution is 6.17. The Labute approximate surface area is 107 Å². The Balaban J connectivity index is 2.25. The molecule has 0 saturated carbocycles. The highest BCUT2D eigenvalue weighted by atomic mass is 35.5. The van der Waals surface area contributed by atoms with Gasteiger partial charge >= 0.3 is 0 Å². The molecule has 0 aliphatic rings. The molecule has 1 nitrogen and oxygen atoms in total. The summed E-state index contributed by atoms with van der Waals surface area (Å²) in [6.45, 7) is 0. The first-order chi connectivity index (χ1) is 8.60. The Bertz CT molecular complexity index is 572. The number of benzene rings is 2. The van der Waals surface area contributed by atoms with E-state index in [1.54, 1.807) is 6.07 Å². The zero-order valence-electron chi connectivity index (χ0n) is 9.09. The lowest BCUT2D eigenvalue weighted by molar-refractivity contribution is 0.432. The van der Waals surface area contributed by atoms with Crippen molar-refractivity contribution in [3.63, 3.8) is 0 Å². The van der Waals surface area contributed by atoms with Gasteiger partial charge in [0.2, 0.25) is 0 Å². The summed E-state index contributed by atoms with van der Waals surface area (Å²) in [6, 6.07) is 7.18. The van der Waals surface area contributed by atoms with Crippen molar-refractivity contribution in [2.75, 3.05) is 0 Å². The van der Waals surface area contributed by atoms with Crippen LogP contribution in [0.25, 0.3) is 0 Å². The van der Waals surface area contributed by atoms with Gasteiger partial charge in [-0.15, -0.1) is 11.6 Å². The van der Waals surface area contributed by atoms with Crippen molar-refractivity contribution in [2.24, 2.45) is 0 Å². The van der Waals surface area contributed by atoms with Gasteiger partial charge in [0.05, 0.1) is 0 Å². The van der Waals surface area contributed by atoms with Gasteiger partial charge in [0, 0.05) is 11.9 Å². The number of hydrogen-bond donors (Lipinski definition) is 0. The summed E-state index contributed by atoms with van der Waals surface area (Å²) in [7, 11) is 0. The first kappa shape index (κ1) is 12.8. The van der Waals surface area contributed by atoms with Crippen molar-refractivity contribution >= 4 is 11.6 Å². The Morgan fingerprint density at radius 1 is 0.889 bits per heavy atom. The van der Waals surface area contributed by atoms with E-state index in [0.717, 1.165) is 12.1 Å². The maximum atomic E-state index is 13.6. The molecule has 2 aromatic rings. The molecule has 0 amide bonds. The summed E-state index contributed by atoms with van der Waals surface area (Å²) in [4.78, 5) is 0. The minimum Gasteiger partial charge on any atom is -0.454 e. The molecule has 0 saturated heterocycles. The maximum Gasteiger partial charge on any atom is 0.166 e. The molecular formula is C13H8ClF3O. The molecule has 0 radical (unpaired) electrons. The number of halogens is 4. The van der Waals surface area contributed by atoms with Crippen molar-refractivity contribution in [1.29, 1.82) is 0 Å². The molecule has 18 heavy (non-hydrogen) atoms. The van der Waals surface area contributed by atoms with Crippen molar-refractivity contribution in [2.45, 2.75) is 5.88 Å². The number of hydrogen-bond acceptors (Lipinski definition) is 1. The van der Waals surface area contributed by atoms with Gasteiger partial charge in [-0.25, -0.2) is 13.2 Å². The first-order valence-corrected chi connectivity index (χ1v) is 5.61. The molecule has 0 N–H and O–H groups in total. The van der Waals surface area contributed by atoms with E-state index in [2.05, 4.69) is 0 Å². The van der Waals surface area contributed by atoms with Crippen LogP contribution in [0.15, 0.2) is 36.4 Å². The van der Waals surface area contributed by atoms with Crippen LogP contribution in [-0.4, -0.2) is 0 Å². The topological polar surface area (TPSA) is 9.23 Å². The first-order valence-electron chi connectivity index (χ1n) is 5.07. The van der Waals surface area contributed by atoms with E-state index in [-0.39, 0.29) is 17.4 Å². The summed E-state index contributed by atoms with van der Waals surface area (Å²) in [5.41, 5.74) is 0.604. The van der Waals surface area contributed by atoms with Crippen LogP contribution in [0.5, 0.6) is 11.5 Å². The average Bonchev–Trinajstić information content (AvgIpc) is 2.36. The average molecular weight is 273 g/mol. The van der Waals surface area contributed by atoms with Crippen LogP contribution in [0.3, 0.4) is 0 Å². The van der Waals surface area contributed by atoms with Crippen molar-refractivity contribution in [3.05, 3.63) is 59.4 Å². The van der Waals surface area contributed by atoms with Crippen LogP contribution < -0.4 is 4.74 Å². The predicted molar refractivity (Wildman–Crippen MR) is 62.4 cm³/mol. The lowest BCUT2D eigenvalue weighted by Crippen LogP contribution is -1.92. The summed E-state index contributed by atoms with van der Waals surface area (Å²) in [5.74, 6) is -2.52. The Morgan fingerprint density at radius 3 is 2.28 bits per heavy atom. The zero-order valence-corrected chi connectivity index (χ0v) is 9.85. The third kappa shape index (κ3) is 2.76. The highest BCUT2D eigenvalue weighted by Gasteiger charge is 2.08. The SMILES string of the molecule is Fc1ccc(Oc2ccc(CCl)cc2F)cc1F. The smallest absolute Gasteiger partial charge is 0.166 e. The molecule has 0 unspecified atom stereocenters. The van der Waals surface area contributed by atoms with Crippen LogP contribution in [0.2, 0.25) is 0 Å². The normalized spacial score (nSPS) is 10.4. The number of alkyl halides is 1. The largest absolute Gasteiger partial charge is 0.454 e. The van der Waals surface area contributed by atoms with E-state index in [1.165, 1.54) is 18.2 Å². The molecule has 5 heteroatoms. The molecular weight excluding hydrogens is 265 g/mol. The summed E-state index contributed by atoms with van der Waals surface area (Å²) < 4.78 is 44.3. The van der Waals surface area contributed by atoms with Crippen LogP contribution >= 0.6 is 11.6 Å². The van der Waals surface area contributed by atoms with Gasteiger partial charge in [0.1, 0.15) is 5.75 Å². The third-order valence-corrected chi connectivity index (χ3v) is 2.58. The van der Waals surface area contributed by atoms with Gasteiger partial charge in [-0.2, -0.15) is 0 Å². The van der Waals surface area contributed by atoms with E-state index >= 15 is 0 Å². The maximum absolute atomic E-state index is 13.6. The van der Waals surface area contributed by atoms with E-state index in [9.17, 15) is 13.2 Å². The van der Waals surface area contributed by atoms with E-state index in [0.29, 0.717) is 5.56 Å². The summed E-state index contributed by atoms with van der Waals surface area (Å²) >= 11 is 5.55. The molecule has 0 heterocycles. The van der Waals surface area contributed by atoms with Gasteiger partial charge in [-0.3, -0.25) is 0 Å². The molecule has 2 rings (SSSR count). The van der Waals surface area contributed by atoms with Gasteiger partial charge in [-0.05, 0) is 29.8 Å². The molecule has 0 fully saturated rings. The molecule has 0 bridgehead atoms.